The number of benzene rings is 2. The maximum atomic E-state index is 13.4. The molecule has 4 rings (SSSR count). The molecule has 0 saturated heterocycles. The van der Waals surface area contributed by atoms with Crippen molar-refractivity contribution in [3.05, 3.63) is 88.7 Å². The minimum Gasteiger partial charge on any atom is -0.326 e. The van der Waals surface area contributed by atoms with Crippen molar-refractivity contribution in [1.82, 2.24) is 9.55 Å². The van der Waals surface area contributed by atoms with E-state index < -0.39 is 0 Å². The standard InChI is InChI=1S/C22H22ClFN2/c23-21-11-8-18(14-20(21)16-4-2-1-3-5-16)22(26-13-12-25-15-26)17-6-9-19(24)10-7-17/h6-16,22H,1-5H2. The first-order valence-corrected chi connectivity index (χ1v) is 9.62. The predicted octanol–water partition coefficient (Wildman–Crippen LogP) is 6.36. The lowest BCUT2D eigenvalue weighted by atomic mass is 9.83. The average molecular weight is 369 g/mol. The van der Waals surface area contributed by atoms with E-state index in [1.54, 1.807) is 6.20 Å². The van der Waals surface area contributed by atoms with E-state index in [1.165, 1.54) is 49.8 Å². The summed E-state index contributed by atoms with van der Waals surface area (Å²) in [4.78, 5) is 4.20. The number of halogens is 2. The third kappa shape index (κ3) is 3.54. The van der Waals surface area contributed by atoms with Gasteiger partial charge in [0.05, 0.1) is 12.4 Å². The Kier molecular flexibility index (Phi) is 5.07. The van der Waals surface area contributed by atoms with Crippen molar-refractivity contribution in [2.75, 3.05) is 0 Å². The van der Waals surface area contributed by atoms with Gasteiger partial charge in [0.2, 0.25) is 0 Å². The largest absolute Gasteiger partial charge is 0.326 e. The minimum atomic E-state index is -0.225. The van der Waals surface area contributed by atoms with Gasteiger partial charge in [-0.2, -0.15) is 0 Å². The molecule has 1 aliphatic rings. The fraction of sp³-hybridized carbons (Fsp3) is 0.318. The summed E-state index contributed by atoms with van der Waals surface area (Å²) in [7, 11) is 0. The average Bonchev–Trinajstić information content (AvgIpc) is 3.20. The van der Waals surface area contributed by atoms with Gasteiger partial charge in [0.1, 0.15) is 5.82 Å². The van der Waals surface area contributed by atoms with Crippen LogP contribution in [-0.2, 0) is 0 Å². The van der Waals surface area contributed by atoms with Crippen LogP contribution in [0.25, 0.3) is 0 Å². The summed E-state index contributed by atoms with van der Waals surface area (Å²) in [6.07, 6.45) is 11.8. The lowest BCUT2D eigenvalue weighted by Gasteiger charge is -2.26. The molecule has 3 aromatic rings. The molecule has 2 nitrogen and oxygen atoms in total. The van der Waals surface area contributed by atoms with Gasteiger partial charge in [-0.05, 0) is 53.6 Å². The fourth-order valence-corrected chi connectivity index (χ4v) is 4.33. The van der Waals surface area contributed by atoms with Crippen molar-refractivity contribution >= 4 is 11.6 Å². The van der Waals surface area contributed by atoms with E-state index in [4.69, 9.17) is 11.6 Å². The predicted molar refractivity (Wildman–Crippen MR) is 103 cm³/mol. The molecular weight excluding hydrogens is 347 g/mol. The van der Waals surface area contributed by atoms with Crippen molar-refractivity contribution in [1.29, 1.82) is 0 Å². The van der Waals surface area contributed by atoms with E-state index in [0.29, 0.717) is 5.92 Å². The Morgan fingerprint density at radius 2 is 1.73 bits per heavy atom. The SMILES string of the molecule is Fc1ccc(C(c2ccc(Cl)c(C3CCCCC3)c2)n2ccnc2)cc1. The number of aromatic nitrogens is 2. The Bertz CT molecular complexity index is 852. The van der Waals surface area contributed by atoms with Crippen LogP contribution in [0, 0.1) is 5.82 Å². The summed E-state index contributed by atoms with van der Waals surface area (Å²) in [6.45, 7) is 0. The van der Waals surface area contributed by atoms with Crippen LogP contribution >= 0.6 is 11.6 Å². The van der Waals surface area contributed by atoms with Gasteiger partial charge in [-0.15, -0.1) is 0 Å². The smallest absolute Gasteiger partial charge is 0.123 e. The lowest BCUT2D eigenvalue weighted by Crippen LogP contribution is -2.12. The normalized spacial score (nSPS) is 16.5. The molecule has 1 saturated carbocycles. The molecule has 2 aromatic carbocycles. The molecule has 1 atom stereocenters. The highest BCUT2D eigenvalue weighted by Crippen LogP contribution is 2.38. The Morgan fingerprint density at radius 1 is 1.00 bits per heavy atom. The molecule has 26 heavy (non-hydrogen) atoms. The molecule has 1 fully saturated rings. The molecular formula is C22H22ClFN2. The Hall–Kier alpha value is -2.13. The summed E-state index contributed by atoms with van der Waals surface area (Å²) in [5, 5.41) is 0.851. The number of imidazole rings is 1. The molecule has 1 heterocycles. The number of nitrogens with zero attached hydrogens (tertiary/aromatic N) is 2. The second kappa shape index (κ2) is 7.63. The highest BCUT2D eigenvalue weighted by atomic mass is 35.5. The van der Waals surface area contributed by atoms with Crippen LogP contribution in [0.1, 0.15) is 60.8 Å². The van der Waals surface area contributed by atoms with Gasteiger partial charge in [-0.25, -0.2) is 9.37 Å². The molecule has 1 aliphatic carbocycles. The topological polar surface area (TPSA) is 17.8 Å². The van der Waals surface area contributed by atoms with Crippen LogP contribution in [0.3, 0.4) is 0 Å². The van der Waals surface area contributed by atoms with Gasteiger partial charge >= 0.3 is 0 Å². The van der Waals surface area contributed by atoms with Crippen LogP contribution in [0.2, 0.25) is 5.02 Å². The maximum Gasteiger partial charge on any atom is 0.123 e. The van der Waals surface area contributed by atoms with Gasteiger partial charge < -0.3 is 4.57 Å². The first-order chi connectivity index (χ1) is 12.7. The molecule has 1 unspecified atom stereocenters. The van der Waals surface area contributed by atoms with Crippen molar-refractivity contribution < 1.29 is 4.39 Å². The Balaban J connectivity index is 1.77. The maximum absolute atomic E-state index is 13.4. The number of hydrogen-bond acceptors (Lipinski definition) is 1. The van der Waals surface area contributed by atoms with Crippen molar-refractivity contribution in [2.24, 2.45) is 0 Å². The highest BCUT2D eigenvalue weighted by molar-refractivity contribution is 6.31. The quantitative estimate of drug-likeness (QED) is 0.523. The molecule has 0 N–H and O–H groups in total. The van der Waals surface area contributed by atoms with Crippen LogP contribution in [-0.4, -0.2) is 9.55 Å². The van der Waals surface area contributed by atoms with E-state index in [0.717, 1.165) is 16.1 Å². The first kappa shape index (κ1) is 17.3. The van der Waals surface area contributed by atoms with Gasteiger partial charge in [-0.3, -0.25) is 0 Å². The summed E-state index contributed by atoms with van der Waals surface area (Å²) in [5.41, 5.74) is 3.43. The molecule has 0 aliphatic heterocycles. The minimum absolute atomic E-state index is 0.0438. The van der Waals surface area contributed by atoms with Crippen LogP contribution in [0.5, 0.6) is 0 Å². The molecule has 0 amide bonds. The van der Waals surface area contributed by atoms with Crippen LogP contribution < -0.4 is 0 Å². The zero-order valence-corrected chi connectivity index (χ0v) is 15.4. The zero-order valence-electron chi connectivity index (χ0n) is 14.6. The molecule has 0 spiro atoms. The molecule has 4 heteroatoms. The van der Waals surface area contributed by atoms with Crippen LogP contribution in [0.15, 0.2) is 61.2 Å². The fourth-order valence-electron chi connectivity index (χ4n) is 4.06. The Labute approximate surface area is 158 Å². The highest BCUT2D eigenvalue weighted by Gasteiger charge is 2.22. The van der Waals surface area contributed by atoms with Gasteiger partial charge in [-0.1, -0.05) is 55.1 Å². The van der Waals surface area contributed by atoms with Crippen LogP contribution in [0.4, 0.5) is 4.39 Å². The van der Waals surface area contributed by atoms with Crippen molar-refractivity contribution in [3.63, 3.8) is 0 Å². The van der Waals surface area contributed by atoms with Crippen molar-refractivity contribution in [2.45, 2.75) is 44.1 Å². The second-order valence-electron chi connectivity index (χ2n) is 7.08. The molecule has 134 valence electrons. The van der Waals surface area contributed by atoms with E-state index in [2.05, 4.69) is 21.7 Å². The third-order valence-electron chi connectivity index (χ3n) is 5.39. The molecule has 1 aromatic heterocycles. The van der Waals surface area contributed by atoms with Gasteiger partial charge in [0, 0.05) is 17.4 Å². The second-order valence-corrected chi connectivity index (χ2v) is 7.49. The Morgan fingerprint density at radius 3 is 2.42 bits per heavy atom. The summed E-state index contributed by atoms with van der Waals surface area (Å²) in [6, 6.07) is 13.0. The monoisotopic (exact) mass is 368 g/mol. The van der Waals surface area contributed by atoms with Gasteiger partial charge in [0.25, 0.3) is 0 Å². The zero-order chi connectivity index (χ0) is 17.9. The van der Waals surface area contributed by atoms with E-state index in [9.17, 15) is 4.39 Å². The first-order valence-electron chi connectivity index (χ1n) is 9.24. The summed E-state index contributed by atoms with van der Waals surface area (Å²) < 4.78 is 15.5. The molecule has 0 radical (unpaired) electrons. The van der Waals surface area contributed by atoms with E-state index in [-0.39, 0.29) is 11.9 Å². The van der Waals surface area contributed by atoms with Gasteiger partial charge in [0.15, 0.2) is 0 Å². The summed E-state index contributed by atoms with van der Waals surface area (Å²) >= 11 is 6.56. The third-order valence-corrected chi connectivity index (χ3v) is 5.73. The van der Waals surface area contributed by atoms with E-state index >= 15 is 0 Å². The summed E-state index contributed by atoms with van der Waals surface area (Å²) in [5.74, 6) is 0.310. The lowest BCUT2D eigenvalue weighted by molar-refractivity contribution is 0.443. The van der Waals surface area contributed by atoms with Crippen molar-refractivity contribution in [3.8, 4) is 0 Å². The molecule has 0 bridgehead atoms. The van der Waals surface area contributed by atoms with E-state index in [1.807, 2.05) is 30.7 Å². The number of rotatable bonds is 4. The number of hydrogen-bond donors (Lipinski definition) is 0.